The highest BCUT2D eigenvalue weighted by Gasteiger charge is 2.34. The van der Waals surface area contributed by atoms with Gasteiger partial charge in [0.05, 0.1) is 25.4 Å². The Balaban J connectivity index is 2.16. The summed E-state index contributed by atoms with van der Waals surface area (Å²) in [6.07, 6.45) is 4.94. The molecule has 0 radical (unpaired) electrons. The van der Waals surface area contributed by atoms with Gasteiger partial charge in [-0.3, -0.25) is 0 Å². The zero-order chi connectivity index (χ0) is 19.2. The summed E-state index contributed by atoms with van der Waals surface area (Å²) in [5.41, 5.74) is -0.205. The van der Waals surface area contributed by atoms with Crippen LogP contribution in [0.25, 0.3) is 0 Å². The van der Waals surface area contributed by atoms with E-state index in [9.17, 15) is 8.78 Å². The van der Waals surface area contributed by atoms with Crippen LogP contribution in [-0.4, -0.2) is 34.1 Å². The van der Waals surface area contributed by atoms with Crippen molar-refractivity contribution >= 4 is 0 Å². The Morgan fingerprint density at radius 2 is 1.96 bits per heavy atom. The number of nitrogens with zero attached hydrogens (tertiary/aromatic N) is 3. The van der Waals surface area contributed by atoms with Crippen molar-refractivity contribution < 1.29 is 18.3 Å². The van der Waals surface area contributed by atoms with E-state index in [0.29, 0.717) is 13.0 Å². The Morgan fingerprint density at radius 1 is 1.27 bits per heavy atom. The molecule has 26 heavy (non-hydrogen) atoms. The normalized spacial score (nSPS) is 14.0. The predicted octanol–water partition coefficient (Wildman–Crippen LogP) is 4.18. The molecule has 0 aliphatic heterocycles. The van der Waals surface area contributed by atoms with E-state index in [1.807, 2.05) is 0 Å². The Bertz CT molecular complexity index is 679. The summed E-state index contributed by atoms with van der Waals surface area (Å²) in [6.45, 7) is 10.4. The summed E-state index contributed by atoms with van der Waals surface area (Å²) in [4.78, 5) is 4.00. The molecule has 2 rings (SSSR count). The van der Waals surface area contributed by atoms with Gasteiger partial charge in [-0.25, -0.2) is 18.4 Å². The molecule has 0 bridgehead atoms. The van der Waals surface area contributed by atoms with E-state index in [0.717, 1.165) is 0 Å². The minimum absolute atomic E-state index is 0.104. The van der Waals surface area contributed by atoms with Crippen LogP contribution in [0.4, 0.5) is 8.78 Å². The van der Waals surface area contributed by atoms with Gasteiger partial charge in [0.2, 0.25) is 0 Å². The average Bonchev–Trinajstić information content (AvgIpc) is 3.09. The first kappa shape index (κ1) is 20.0. The average molecular weight is 365 g/mol. The van der Waals surface area contributed by atoms with E-state index in [-0.39, 0.29) is 29.9 Å². The minimum Gasteiger partial charge on any atom is -0.488 e. The number of ether oxygens (including phenoxy) is 2. The Morgan fingerprint density at radius 3 is 2.50 bits per heavy atom. The van der Waals surface area contributed by atoms with E-state index in [4.69, 9.17) is 9.47 Å². The molecule has 0 aliphatic rings. The van der Waals surface area contributed by atoms with Crippen LogP contribution in [0.2, 0.25) is 0 Å². The van der Waals surface area contributed by atoms with E-state index in [1.54, 1.807) is 17.1 Å². The summed E-state index contributed by atoms with van der Waals surface area (Å²) in [5, 5.41) is 4.22. The number of rotatable bonds is 9. The maximum atomic E-state index is 13.7. The van der Waals surface area contributed by atoms with Crippen molar-refractivity contribution in [2.75, 3.05) is 13.2 Å². The number of hydrogen-bond acceptors (Lipinski definition) is 4. The smallest absolute Gasteiger partial charge is 0.190 e. The second kappa shape index (κ2) is 8.89. The molecule has 1 aromatic carbocycles. The Hall–Kier alpha value is -2.28. The van der Waals surface area contributed by atoms with Gasteiger partial charge in [0.15, 0.2) is 17.4 Å². The Kier molecular flexibility index (Phi) is 6.85. The van der Waals surface area contributed by atoms with Crippen LogP contribution in [0.3, 0.4) is 0 Å². The molecule has 142 valence electrons. The van der Waals surface area contributed by atoms with Gasteiger partial charge in [0.25, 0.3) is 0 Å². The molecule has 0 amide bonds. The molecule has 0 fully saturated rings. The highest BCUT2D eigenvalue weighted by molar-refractivity contribution is 5.25. The number of para-hydroxylation sites is 1. The van der Waals surface area contributed by atoms with Crippen LogP contribution in [0.15, 0.2) is 43.5 Å². The lowest BCUT2D eigenvalue weighted by Crippen LogP contribution is -2.39. The monoisotopic (exact) mass is 365 g/mol. The summed E-state index contributed by atoms with van der Waals surface area (Å²) in [7, 11) is 0. The number of aromatic nitrogens is 3. The lowest BCUT2D eigenvalue weighted by atomic mass is 9.83. The molecule has 5 nitrogen and oxygen atoms in total. The summed E-state index contributed by atoms with van der Waals surface area (Å²) >= 11 is 0. The van der Waals surface area contributed by atoms with E-state index in [1.165, 1.54) is 24.5 Å². The summed E-state index contributed by atoms with van der Waals surface area (Å²) in [6, 6.07) is 3.41. The fraction of sp³-hybridized carbons (Fsp3) is 0.474. The fourth-order valence-corrected chi connectivity index (χ4v) is 2.82. The molecular formula is C19H25F2N3O2. The standard InChI is InChI=1S/C19H25F2N3O2/c1-5-10-26-18(19(2,3)4)16(24-13-22-12-23-24)9-11-25-17-14(20)7-6-8-15(17)21/h5-8,12-13,16,18H,1,9-11H2,2-4H3. The van der Waals surface area contributed by atoms with Gasteiger partial charge in [-0.15, -0.1) is 6.58 Å². The first-order valence-electron chi connectivity index (χ1n) is 8.48. The van der Waals surface area contributed by atoms with Crippen molar-refractivity contribution in [3.63, 3.8) is 0 Å². The van der Waals surface area contributed by atoms with Crippen LogP contribution in [0.5, 0.6) is 5.75 Å². The second-order valence-corrected chi connectivity index (χ2v) is 7.04. The molecule has 2 atom stereocenters. The minimum atomic E-state index is -0.724. The summed E-state index contributed by atoms with van der Waals surface area (Å²) in [5.74, 6) is -1.82. The predicted molar refractivity (Wildman–Crippen MR) is 94.9 cm³/mol. The molecule has 0 spiro atoms. The highest BCUT2D eigenvalue weighted by Crippen LogP contribution is 2.33. The third kappa shape index (κ3) is 5.11. The maximum absolute atomic E-state index is 13.7. The summed E-state index contributed by atoms with van der Waals surface area (Å²) < 4.78 is 40.5. The van der Waals surface area contributed by atoms with Crippen LogP contribution >= 0.6 is 0 Å². The third-order valence-electron chi connectivity index (χ3n) is 3.95. The number of benzene rings is 1. The van der Waals surface area contributed by atoms with Crippen molar-refractivity contribution in [1.82, 2.24) is 14.8 Å². The quantitative estimate of drug-likeness (QED) is 0.626. The molecule has 7 heteroatoms. The van der Waals surface area contributed by atoms with Crippen molar-refractivity contribution in [3.05, 3.63) is 55.1 Å². The lowest BCUT2D eigenvalue weighted by Gasteiger charge is -2.36. The van der Waals surface area contributed by atoms with Crippen LogP contribution < -0.4 is 4.74 Å². The van der Waals surface area contributed by atoms with Crippen molar-refractivity contribution in [3.8, 4) is 5.75 Å². The van der Waals surface area contributed by atoms with Gasteiger partial charge in [-0.2, -0.15) is 5.10 Å². The van der Waals surface area contributed by atoms with Crippen LogP contribution in [0.1, 0.15) is 33.2 Å². The lowest BCUT2D eigenvalue weighted by molar-refractivity contribution is -0.0465. The van der Waals surface area contributed by atoms with E-state index in [2.05, 4.69) is 37.4 Å². The number of halogens is 2. The van der Waals surface area contributed by atoms with Crippen LogP contribution in [-0.2, 0) is 4.74 Å². The zero-order valence-corrected chi connectivity index (χ0v) is 15.4. The molecule has 0 N–H and O–H groups in total. The third-order valence-corrected chi connectivity index (χ3v) is 3.95. The SMILES string of the molecule is C=CCOC(C(CCOc1c(F)cccc1F)n1cncn1)C(C)(C)C. The fourth-order valence-electron chi connectivity index (χ4n) is 2.82. The van der Waals surface area contributed by atoms with Crippen molar-refractivity contribution in [2.45, 2.75) is 39.3 Å². The van der Waals surface area contributed by atoms with Gasteiger partial charge in [0.1, 0.15) is 12.7 Å². The van der Waals surface area contributed by atoms with Gasteiger partial charge < -0.3 is 9.47 Å². The highest BCUT2D eigenvalue weighted by atomic mass is 19.1. The van der Waals surface area contributed by atoms with Gasteiger partial charge in [-0.1, -0.05) is 32.9 Å². The van der Waals surface area contributed by atoms with Crippen LogP contribution in [0, 0.1) is 17.0 Å². The molecule has 2 unspecified atom stereocenters. The molecule has 0 saturated carbocycles. The van der Waals surface area contributed by atoms with Crippen molar-refractivity contribution in [1.29, 1.82) is 0 Å². The van der Waals surface area contributed by atoms with Gasteiger partial charge >= 0.3 is 0 Å². The number of hydrogen-bond donors (Lipinski definition) is 0. The first-order chi connectivity index (χ1) is 12.3. The second-order valence-electron chi connectivity index (χ2n) is 7.04. The van der Waals surface area contributed by atoms with Gasteiger partial charge in [-0.05, 0) is 17.5 Å². The molecule has 2 aromatic rings. The molecule has 1 aromatic heterocycles. The van der Waals surface area contributed by atoms with E-state index >= 15 is 0 Å². The zero-order valence-electron chi connectivity index (χ0n) is 15.4. The molecule has 0 saturated heterocycles. The van der Waals surface area contributed by atoms with E-state index < -0.39 is 11.6 Å². The molecule has 1 heterocycles. The molecular weight excluding hydrogens is 340 g/mol. The molecule has 0 aliphatic carbocycles. The first-order valence-corrected chi connectivity index (χ1v) is 8.48. The maximum Gasteiger partial charge on any atom is 0.190 e. The Labute approximate surface area is 152 Å². The van der Waals surface area contributed by atoms with Gasteiger partial charge in [0, 0.05) is 6.42 Å². The topological polar surface area (TPSA) is 49.2 Å². The van der Waals surface area contributed by atoms with Crippen molar-refractivity contribution in [2.24, 2.45) is 5.41 Å². The largest absolute Gasteiger partial charge is 0.488 e.